The highest BCUT2D eigenvalue weighted by Crippen LogP contribution is 2.15. The normalized spacial score (nSPS) is 9.12. The number of aromatic nitrogens is 2. The summed E-state index contributed by atoms with van der Waals surface area (Å²) in [7, 11) is 2.97. The lowest BCUT2D eigenvalue weighted by atomic mass is 10.3. The minimum atomic E-state index is 0.0391. The van der Waals surface area contributed by atoms with Crippen molar-refractivity contribution < 1.29 is 14.3 Å². The Morgan fingerprint density at radius 2 is 2.24 bits per heavy atom. The average Bonchev–Trinajstić information content (AvgIpc) is 2.34. The van der Waals surface area contributed by atoms with E-state index in [-0.39, 0.29) is 11.1 Å². The molecule has 0 spiro atoms. The summed E-state index contributed by atoms with van der Waals surface area (Å²) >= 11 is 1.15. The van der Waals surface area contributed by atoms with Gasteiger partial charge >= 0.3 is 6.01 Å². The lowest BCUT2D eigenvalue weighted by Crippen LogP contribution is -1.97. The molecule has 0 radical (unpaired) electrons. The fraction of sp³-hybridized carbons (Fsp3) is 0.364. The topological polar surface area (TPSA) is 61.3 Å². The Bertz CT molecular complexity index is 466. The van der Waals surface area contributed by atoms with Gasteiger partial charge in [-0.05, 0) is 0 Å². The third kappa shape index (κ3) is 4.33. The molecule has 0 atom stereocenters. The minimum Gasteiger partial charge on any atom is -0.480 e. The van der Waals surface area contributed by atoms with E-state index in [1.807, 2.05) is 0 Å². The van der Waals surface area contributed by atoms with E-state index < -0.39 is 0 Å². The van der Waals surface area contributed by atoms with Gasteiger partial charge in [-0.2, -0.15) is 4.98 Å². The number of carbonyl (C=O) groups excluding carboxylic acids is 1. The molecule has 6 heteroatoms. The van der Waals surface area contributed by atoms with Crippen LogP contribution in [0.2, 0.25) is 0 Å². The van der Waals surface area contributed by atoms with Crippen LogP contribution >= 0.6 is 11.8 Å². The van der Waals surface area contributed by atoms with E-state index in [1.165, 1.54) is 27.3 Å². The van der Waals surface area contributed by atoms with Crippen LogP contribution in [-0.4, -0.2) is 35.1 Å². The Labute approximate surface area is 104 Å². The lowest BCUT2D eigenvalue weighted by Gasteiger charge is -2.02. The van der Waals surface area contributed by atoms with Crippen molar-refractivity contribution in [1.29, 1.82) is 0 Å². The van der Waals surface area contributed by atoms with Crippen LogP contribution < -0.4 is 9.47 Å². The van der Waals surface area contributed by atoms with Crippen molar-refractivity contribution in [3.05, 3.63) is 11.8 Å². The molecule has 0 N–H and O–H groups in total. The molecule has 0 aliphatic carbocycles. The van der Waals surface area contributed by atoms with E-state index in [1.54, 1.807) is 0 Å². The Kier molecular flexibility index (Phi) is 5.30. The molecule has 0 saturated carbocycles. The molecule has 90 valence electrons. The number of hydrogen-bond donors (Lipinski definition) is 0. The number of ether oxygens (including phenoxy) is 2. The molecule has 0 unspecified atom stereocenters. The number of carbonyl (C=O) groups is 1. The summed E-state index contributed by atoms with van der Waals surface area (Å²) in [6.07, 6.45) is 1.52. The zero-order chi connectivity index (χ0) is 12.7. The van der Waals surface area contributed by atoms with Gasteiger partial charge in [0.05, 0.1) is 26.2 Å². The molecule has 1 rings (SSSR count). The minimum absolute atomic E-state index is 0.0391. The predicted octanol–water partition coefficient (Wildman–Crippen LogP) is 1.12. The summed E-state index contributed by atoms with van der Waals surface area (Å²) in [4.78, 5) is 18.6. The van der Waals surface area contributed by atoms with Crippen molar-refractivity contribution in [2.75, 3.05) is 20.0 Å². The van der Waals surface area contributed by atoms with Crippen LogP contribution in [0.5, 0.6) is 11.9 Å². The highest BCUT2D eigenvalue weighted by atomic mass is 32.2. The fourth-order valence-corrected chi connectivity index (χ4v) is 1.31. The number of rotatable bonds is 3. The van der Waals surface area contributed by atoms with Gasteiger partial charge in [0.1, 0.15) is 5.56 Å². The second-order valence-corrected chi connectivity index (χ2v) is 4.01. The maximum Gasteiger partial charge on any atom is 0.319 e. The quantitative estimate of drug-likeness (QED) is 0.751. The Hall–Kier alpha value is -1.74. The smallest absolute Gasteiger partial charge is 0.319 e. The van der Waals surface area contributed by atoms with Crippen molar-refractivity contribution in [2.45, 2.75) is 6.92 Å². The second-order valence-electron chi connectivity index (χ2n) is 2.86. The first-order chi connectivity index (χ1) is 8.17. The van der Waals surface area contributed by atoms with Gasteiger partial charge in [-0.1, -0.05) is 23.6 Å². The molecule has 0 saturated heterocycles. The number of thioether (sulfide) groups is 1. The van der Waals surface area contributed by atoms with E-state index >= 15 is 0 Å². The molecule has 0 aliphatic heterocycles. The SMILES string of the molecule is COc1ncc(C#CCSC(C)=O)c(OC)n1. The van der Waals surface area contributed by atoms with E-state index in [9.17, 15) is 4.79 Å². The first kappa shape index (κ1) is 13.3. The Morgan fingerprint density at radius 1 is 1.47 bits per heavy atom. The van der Waals surface area contributed by atoms with Crippen molar-refractivity contribution in [3.8, 4) is 23.7 Å². The lowest BCUT2D eigenvalue weighted by molar-refractivity contribution is -0.109. The maximum absolute atomic E-state index is 10.7. The molecule has 0 fully saturated rings. The summed E-state index contributed by atoms with van der Waals surface area (Å²) < 4.78 is 9.93. The first-order valence-electron chi connectivity index (χ1n) is 4.74. The van der Waals surface area contributed by atoms with Gasteiger partial charge in [0.25, 0.3) is 0 Å². The van der Waals surface area contributed by atoms with Crippen molar-refractivity contribution in [2.24, 2.45) is 0 Å². The van der Waals surface area contributed by atoms with Gasteiger partial charge in [0.2, 0.25) is 5.88 Å². The molecule has 5 nitrogen and oxygen atoms in total. The maximum atomic E-state index is 10.7. The predicted molar refractivity (Wildman–Crippen MR) is 65.2 cm³/mol. The number of hydrogen-bond acceptors (Lipinski definition) is 6. The molecule has 0 aromatic carbocycles. The molecule has 0 aliphatic rings. The third-order valence-corrected chi connectivity index (χ3v) is 2.37. The van der Waals surface area contributed by atoms with Crippen molar-refractivity contribution >= 4 is 16.9 Å². The Balaban J connectivity index is 2.79. The summed E-state index contributed by atoms with van der Waals surface area (Å²) in [6, 6.07) is 0.227. The van der Waals surface area contributed by atoms with E-state index in [2.05, 4.69) is 21.8 Å². The standard InChI is InChI=1S/C11H12N2O3S/c1-8(14)17-6-4-5-9-7-12-11(16-3)13-10(9)15-2/h7H,6H2,1-3H3. The van der Waals surface area contributed by atoms with Crippen molar-refractivity contribution in [3.63, 3.8) is 0 Å². The summed E-state index contributed by atoms with van der Waals surface area (Å²) in [5, 5.41) is 0.0391. The number of methoxy groups -OCH3 is 2. The van der Waals surface area contributed by atoms with Crippen LogP contribution in [0.25, 0.3) is 0 Å². The molecule has 1 aromatic rings. The van der Waals surface area contributed by atoms with E-state index in [0.29, 0.717) is 17.2 Å². The Morgan fingerprint density at radius 3 is 2.82 bits per heavy atom. The van der Waals surface area contributed by atoms with E-state index in [0.717, 1.165) is 11.8 Å². The molecule has 0 bridgehead atoms. The highest BCUT2D eigenvalue weighted by Gasteiger charge is 2.05. The zero-order valence-corrected chi connectivity index (χ0v) is 10.6. The molecule has 0 amide bonds. The summed E-state index contributed by atoms with van der Waals surface area (Å²) in [6.45, 7) is 1.50. The van der Waals surface area contributed by atoms with Crippen LogP contribution in [0.15, 0.2) is 6.20 Å². The second kappa shape index (κ2) is 6.76. The van der Waals surface area contributed by atoms with Gasteiger partial charge in [-0.3, -0.25) is 4.79 Å². The van der Waals surface area contributed by atoms with Gasteiger partial charge in [0.15, 0.2) is 5.12 Å². The van der Waals surface area contributed by atoms with Gasteiger partial charge < -0.3 is 9.47 Å². The van der Waals surface area contributed by atoms with Crippen molar-refractivity contribution in [1.82, 2.24) is 9.97 Å². The summed E-state index contributed by atoms with van der Waals surface area (Å²) in [5.41, 5.74) is 0.567. The molecular weight excluding hydrogens is 240 g/mol. The van der Waals surface area contributed by atoms with Crippen LogP contribution in [0, 0.1) is 11.8 Å². The van der Waals surface area contributed by atoms with Gasteiger partial charge in [0, 0.05) is 6.92 Å². The highest BCUT2D eigenvalue weighted by molar-refractivity contribution is 8.13. The molecule has 17 heavy (non-hydrogen) atoms. The monoisotopic (exact) mass is 252 g/mol. The zero-order valence-electron chi connectivity index (χ0n) is 9.81. The van der Waals surface area contributed by atoms with Crippen LogP contribution in [0.4, 0.5) is 0 Å². The third-order valence-electron chi connectivity index (χ3n) is 1.68. The van der Waals surface area contributed by atoms with Gasteiger partial charge in [-0.25, -0.2) is 4.98 Å². The molecule has 1 aromatic heterocycles. The van der Waals surface area contributed by atoms with Crippen LogP contribution in [0.3, 0.4) is 0 Å². The van der Waals surface area contributed by atoms with Gasteiger partial charge in [-0.15, -0.1) is 0 Å². The number of nitrogens with zero attached hydrogens (tertiary/aromatic N) is 2. The average molecular weight is 252 g/mol. The van der Waals surface area contributed by atoms with Crippen LogP contribution in [-0.2, 0) is 4.79 Å². The fourth-order valence-electron chi connectivity index (χ4n) is 0.960. The molecule has 1 heterocycles. The molecular formula is C11H12N2O3S. The largest absolute Gasteiger partial charge is 0.480 e. The van der Waals surface area contributed by atoms with Crippen LogP contribution in [0.1, 0.15) is 12.5 Å². The van der Waals surface area contributed by atoms with E-state index in [4.69, 9.17) is 9.47 Å². The summed E-state index contributed by atoms with van der Waals surface area (Å²) in [5.74, 6) is 6.47. The first-order valence-corrected chi connectivity index (χ1v) is 5.73.